The zero-order valence-corrected chi connectivity index (χ0v) is 12.1. The Morgan fingerprint density at radius 1 is 1.50 bits per heavy atom. The van der Waals surface area contributed by atoms with E-state index in [1.807, 2.05) is 19.3 Å². The van der Waals surface area contributed by atoms with Gasteiger partial charge in [-0.3, -0.25) is 0 Å². The van der Waals surface area contributed by atoms with E-state index in [-0.39, 0.29) is 5.82 Å². The summed E-state index contributed by atoms with van der Waals surface area (Å²) in [6, 6.07) is 3.65. The molecule has 5 heteroatoms. The number of fused-ring (bicyclic) bond motifs is 1. The molecular formula is C15H17ClFN3. The lowest BCUT2D eigenvalue weighted by Gasteiger charge is -2.24. The van der Waals surface area contributed by atoms with Crippen LogP contribution in [0.3, 0.4) is 0 Å². The van der Waals surface area contributed by atoms with Gasteiger partial charge >= 0.3 is 0 Å². The summed E-state index contributed by atoms with van der Waals surface area (Å²) in [5, 5.41) is 3.88. The van der Waals surface area contributed by atoms with Gasteiger partial charge in [0.2, 0.25) is 0 Å². The summed E-state index contributed by atoms with van der Waals surface area (Å²) in [6.45, 7) is 3.25. The highest BCUT2D eigenvalue weighted by Crippen LogP contribution is 2.22. The standard InChI is InChI=1S/C15H17ClFN3/c1-10-6-13(16)12(14(17)7-10)9-19-11-2-4-20-5-3-18-15(20)8-11/h3,5-7,11,19H,2,4,8-9H2,1H3. The molecule has 1 aliphatic rings. The smallest absolute Gasteiger partial charge is 0.129 e. The molecule has 0 radical (unpaired) electrons. The molecule has 0 bridgehead atoms. The molecule has 0 spiro atoms. The van der Waals surface area contributed by atoms with Gasteiger partial charge in [0, 0.05) is 48.5 Å². The molecule has 1 aromatic carbocycles. The Bertz CT molecular complexity index is 600. The first kappa shape index (κ1) is 13.6. The normalized spacial score (nSPS) is 18.1. The summed E-state index contributed by atoms with van der Waals surface area (Å²) >= 11 is 6.12. The van der Waals surface area contributed by atoms with Crippen LogP contribution in [-0.4, -0.2) is 15.6 Å². The molecule has 1 aromatic heterocycles. The van der Waals surface area contributed by atoms with E-state index in [4.69, 9.17) is 11.6 Å². The lowest BCUT2D eigenvalue weighted by Crippen LogP contribution is -2.36. The molecule has 1 N–H and O–H groups in total. The molecular weight excluding hydrogens is 277 g/mol. The fourth-order valence-electron chi connectivity index (χ4n) is 2.67. The van der Waals surface area contributed by atoms with E-state index >= 15 is 0 Å². The number of nitrogens with one attached hydrogen (secondary N) is 1. The van der Waals surface area contributed by atoms with Crippen molar-refractivity contribution in [3.63, 3.8) is 0 Å². The van der Waals surface area contributed by atoms with Gasteiger partial charge < -0.3 is 9.88 Å². The Balaban J connectivity index is 1.66. The largest absolute Gasteiger partial charge is 0.335 e. The molecule has 1 aliphatic heterocycles. The number of imidazole rings is 1. The van der Waals surface area contributed by atoms with E-state index in [1.54, 1.807) is 6.07 Å². The minimum Gasteiger partial charge on any atom is -0.335 e. The zero-order chi connectivity index (χ0) is 14.1. The van der Waals surface area contributed by atoms with Crippen LogP contribution >= 0.6 is 11.6 Å². The van der Waals surface area contributed by atoms with Crippen molar-refractivity contribution in [2.24, 2.45) is 0 Å². The third-order valence-corrected chi connectivity index (χ3v) is 4.14. The van der Waals surface area contributed by atoms with Crippen molar-refractivity contribution in [1.82, 2.24) is 14.9 Å². The molecule has 0 fully saturated rings. The van der Waals surface area contributed by atoms with Gasteiger partial charge in [-0.05, 0) is 31.0 Å². The summed E-state index contributed by atoms with van der Waals surface area (Å²) in [5.74, 6) is 0.851. The Labute approximate surface area is 122 Å². The first-order chi connectivity index (χ1) is 9.63. The van der Waals surface area contributed by atoms with Crippen molar-refractivity contribution in [3.05, 3.63) is 52.3 Å². The lowest BCUT2D eigenvalue weighted by atomic mass is 10.1. The van der Waals surface area contributed by atoms with Crippen molar-refractivity contribution in [1.29, 1.82) is 0 Å². The topological polar surface area (TPSA) is 29.9 Å². The molecule has 0 saturated heterocycles. The van der Waals surface area contributed by atoms with Crippen molar-refractivity contribution in [3.8, 4) is 0 Å². The molecule has 0 aliphatic carbocycles. The van der Waals surface area contributed by atoms with Crippen LogP contribution in [0.4, 0.5) is 4.39 Å². The van der Waals surface area contributed by atoms with Gasteiger partial charge in [0.05, 0.1) is 0 Å². The summed E-state index contributed by atoms with van der Waals surface area (Å²) in [6.07, 6.45) is 5.73. The fraction of sp³-hybridized carbons (Fsp3) is 0.400. The SMILES string of the molecule is Cc1cc(F)c(CNC2CCn3ccnc3C2)c(Cl)c1. The molecule has 3 rings (SSSR count). The number of aryl methyl sites for hydroxylation is 2. The van der Waals surface area contributed by atoms with E-state index in [0.717, 1.165) is 30.8 Å². The van der Waals surface area contributed by atoms with E-state index in [0.29, 0.717) is 23.2 Å². The number of rotatable bonds is 3. The number of aromatic nitrogens is 2. The van der Waals surface area contributed by atoms with Crippen LogP contribution < -0.4 is 5.32 Å². The maximum atomic E-state index is 13.9. The van der Waals surface area contributed by atoms with Crippen molar-refractivity contribution in [2.45, 2.75) is 38.9 Å². The molecule has 2 heterocycles. The Hall–Kier alpha value is -1.39. The van der Waals surface area contributed by atoms with Crippen LogP contribution in [0.5, 0.6) is 0 Å². The third-order valence-electron chi connectivity index (χ3n) is 3.80. The summed E-state index contributed by atoms with van der Waals surface area (Å²) in [4.78, 5) is 4.33. The zero-order valence-electron chi connectivity index (χ0n) is 11.4. The Morgan fingerprint density at radius 2 is 2.35 bits per heavy atom. The number of hydrogen-bond acceptors (Lipinski definition) is 2. The second-order valence-corrected chi connectivity index (χ2v) is 5.72. The number of halogens is 2. The highest BCUT2D eigenvalue weighted by molar-refractivity contribution is 6.31. The van der Waals surface area contributed by atoms with Crippen LogP contribution in [0, 0.1) is 12.7 Å². The summed E-state index contributed by atoms with van der Waals surface area (Å²) < 4.78 is 16.1. The predicted octanol–water partition coefficient (Wildman–Crippen LogP) is 3.09. The van der Waals surface area contributed by atoms with Gasteiger partial charge in [-0.1, -0.05) is 11.6 Å². The molecule has 1 unspecified atom stereocenters. The van der Waals surface area contributed by atoms with Crippen LogP contribution in [0.1, 0.15) is 23.4 Å². The predicted molar refractivity (Wildman–Crippen MR) is 77.3 cm³/mol. The molecule has 2 aromatic rings. The monoisotopic (exact) mass is 293 g/mol. The van der Waals surface area contributed by atoms with Gasteiger partial charge in [-0.2, -0.15) is 0 Å². The molecule has 0 saturated carbocycles. The average Bonchev–Trinajstić information content (AvgIpc) is 2.84. The van der Waals surface area contributed by atoms with Crippen molar-refractivity contribution < 1.29 is 4.39 Å². The van der Waals surface area contributed by atoms with Gasteiger partial charge in [0.1, 0.15) is 11.6 Å². The lowest BCUT2D eigenvalue weighted by molar-refractivity contribution is 0.390. The van der Waals surface area contributed by atoms with E-state index in [9.17, 15) is 4.39 Å². The average molecular weight is 294 g/mol. The fourth-order valence-corrected chi connectivity index (χ4v) is 3.00. The van der Waals surface area contributed by atoms with Crippen molar-refractivity contribution in [2.75, 3.05) is 0 Å². The maximum absolute atomic E-state index is 13.9. The van der Waals surface area contributed by atoms with Gasteiger partial charge in [-0.15, -0.1) is 0 Å². The van der Waals surface area contributed by atoms with Crippen LogP contribution in [-0.2, 0) is 19.5 Å². The number of nitrogens with zero attached hydrogens (tertiary/aromatic N) is 2. The Kier molecular flexibility index (Phi) is 3.76. The second kappa shape index (κ2) is 5.54. The van der Waals surface area contributed by atoms with Crippen molar-refractivity contribution >= 4 is 11.6 Å². The maximum Gasteiger partial charge on any atom is 0.129 e. The van der Waals surface area contributed by atoms with Crippen LogP contribution in [0.2, 0.25) is 5.02 Å². The van der Waals surface area contributed by atoms with Crippen LogP contribution in [0.15, 0.2) is 24.5 Å². The van der Waals surface area contributed by atoms with E-state index in [1.165, 1.54) is 6.07 Å². The second-order valence-electron chi connectivity index (χ2n) is 5.31. The minimum atomic E-state index is -0.236. The highest BCUT2D eigenvalue weighted by atomic mass is 35.5. The first-order valence-electron chi connectivity index (χ1n) is 6.81. The van der Waals surface area contributed by atoms with Gasteiger partial charge in [0.15, 0.2) is 0 Å². The van der Waals surface area contributed by atoms with Crippen LogP contribution in [0.25, 0.3) is 0 Å². The minimum absolute atomic E-state index is 0.236. The Morgan fingerprint density at radius 3 is 3.15 bits per heavy atom. The number of benzene rings is 1. The first-order valence-corrected chi connectivity index (χ1v) is 7.19. The quantitative estimate of drug-likeness (QED) is 0.942. The molecule has 1 atom stereocenters. The van der Waals surface area contributed by atoms with Gasteiger partial charge in [0.25, 0.3) is 0 Å². The van der Waals surface area contributed by atoms with Gasteiger partial charge in [-0.25, -0.2) is 9.37 Å². The third kappa shape index (κ3) is 2.72. The molecule has 0 amide bonds. The molecule has 106 valence electrons. The van der Waals surface area contributed by atoms with E-state index in [2.05, 4.69) is 14.9 Å². The van der Waals surface area contributed by atoms with E-state index < -0.39 is 0 Å². The summed E-state index contributed by atoms with van der Waals surface area (Å²) in [5.41, 5.74) is 1.39. The molecule has 20 heavy (non-hydrogen) atoms. The molecule has 3 nitrogen and oxygen atoms in total. The number of hydrogen-bond donors (Lipinski definition) is 1. The summed E-state index contributed by atoms with van der Waals surface area (Å²) in [7, 11) is 0. The highest BCUT2D eigenvalue weighted by Gasteiger charge is 2.19.